The van der Waals surface area contributed by atoms with Crippen molar-refractivity contribution in [2.45, 2.75) is 18.8 Å². The van der Waals surface area contributed by atoms with Gasteiger partial charge in [-0.1, -0.05) is 57.9 Å². The molecule has 0 aromatic heterocycles. The van der Waals surface area contributed by atoms with Crippen LogP contribution in [0.5, 0.6) is 0 Å². The molecule has 2 aromatic carbocycles. The van der Waals surface area contributed by atoms with Crippen molar-refractivity contribution in [3.8, 4) is 0 Å². The number of aryl methyl sites for hydroxylation is 1. The van der Waals surface area contributed by atoms with Crippen molar-refractivity contribution < 1.29 is 0 Å². The summed E-state index contributed by atoms with van der Waals surface area (Å²) in [5, 5.41) is 0. The zero-order valence-corrected chi connectivity index (χ0v) is 14.5. The van der Waals surface area contributed by atoms with Gasteiger partial charge in [0.2, 0.25) is 0 Å². The van der Waals surface area contributed by atoms with Crippen LogP contribution in [0.1, 0.15) is 16.7 Å². The average molecular weight is 372 g/mol. The van der Waals surface area contributed by atoms with Gasteiger partial charge in [0, 0.05) is 21.6 Å². The molecule has 0 N–H and O–H groups in total. The minimum atomic E-state index is -0.225. The van der Waals surface area contributed by atoms with Crippen molar-refractivity contribution in [3.05, 3.63) is 69.7 Å². The summed E-state index contributed by atoms with van der Waals surface area (Å²) >= 11 is 16.1. The molecule has 0 heterocycles. The first-order chi connectivity index (χ1) is 9.59. The Hall–Kier alpha value is -0.500. The Labute approximate surface area is 139 Å². The second-order valence-electron chi connectivity index (χ2n) is 5.22. The van der Waals surface area contributed by atoms with Gasteiger partial charge in [-0.25, -0.2) is 0 Å². The maximum absolute atomic E-state index is 6.29. The number of hydrogen-bond acceptors (Lipinski definition) is 0. The molecule has 0 aliphatic heterocycles. The molecule has 0 saturated heterocycles. The SMILES string of the molecule is Cc1cccc(CC(CCl)(CCl)c2ccc(Br)cc2)c1. The standard InChI is InChI=1S/C17H17BrCl2/c1-13-3-2-4-14(9-13)10-17(11-19,12-20)15-5-7-16(18)8-6-15/h2-9H,10-12H2,1H3. The highest BCUT2D eigenvalue weighted by molar-refractivity contribution is 9.10. The van der Waals surface area contributed by atoms with E-state index in [0.29, 0.717) is 11.8 Å². The summed E-state index contributed by atoms with van der Waals surface area (Å²) in [7, 11) is 0. The van der Waals surface area contributed by atoms with E-state index >= 15 is 0 Å². The van der Waals surface area contributed by atoms with E-state index in [9.17, 15) is 0 Å². The molecule has 2 aromatic rings. The minimum absolute atomic E-state index is 0.225. The Bertz CT molecular complexity index is 559. The number of alkyl halides is 2. The first kappa shape index (κ1) is 15.9. The smallest absolute Gasteiger partial charge is 0.0335 e. The van der Waals surface area contributed by atoms with Gasteiger partial charge in [0.1, 0.15) is 0 Å². The Balaban J connectivity index is 2.36. The molecule has 0 aliphatic carbocycles. The molecule has 3 heteroatoms. The molecular formula is C17H17BrCl2. The van der Waals surface area contributed by atoms with Gasteiger partial charge in [-0.15, -0.1) is 23.2 Å². The molecule has 0 aliphatic rings. The molecule has 0 spiro atoms. The highest BCUT2D eigenvalue weighted by atomic mass is 79.9. The molecule has 20 heavy (non-hydrogen) atoms. The normalized spacial score (nSPS) is 11.6. The molecule has 0 radical (unpaired) electrons. The Morgan fingerprint density at radius 3 is 2.20 bits per heavy atom. The summed E-state index contributed by atoms with van der Waals surface area (Å²) in [6.45, 7) is 2.10. The summed E-state index contributed by atoms with van der Waals surface area (Å²) in [4.78, 5) is 0. The van der Waals surface area contributed by atoms with Crippen LogP contribution in [-0.4, -0.2) is 11.8 Å². The van der Waals surface area contributed by atoms with Crippen LogP contribution in [-0.2, 0) is 11.8 Å². The van der Waals surface area contributed by atoms with Gasteiger partial charge in [0.15, 0.2) is 0 Å². The van der Waals surface area contributed by atoms with Crippen LogP contribution in [0.25, 0.3) is 0 Å². The molecule has 0 saturated carbocycles. The third-order valence-corrected chi connectivity index (χ3v) is 5.15. The minimum Gasteiger partial charge on any atom is -0.126 e. The largest absolute Gasteiger partial charge is 0.126 e. The van der Waals surface area contributed by atoms with E-state index in [-0.39, 0.29) is 5.41 Å². The Kier molecular flexibility index (Phi) is 5.54. The summed E-state index contributed by atoms with van der Waals surface area (Å²) in [5.74, 6) is 1.01. The van der Waals surface area contributed by atoms with E-state index in [1.54, 1.807) is 0 Å². The molecule has 0 atom stereocenters. The van der Waals surface area contributed by atoms with Crippen molar-refractivity contribution in [1.82, 2.24) is 0 Å². The summed E-state index contributed by atoms with van der Waals surface area (Å²) in [6.07, 6.45) is 0.851. The second-order valence-corrected chi connectivity index (χ2v) is 6.67. The summed E-state index contributed by atoms with van der Waals surface area (Å²) in [5.41, 5.74) is 3.50. The monoisotopic (exact) mass is 370 g/mol. The van der Waals surface area contributed by atoms with Crippen molar-refractivity contribution in [3.63, 3.8) is 0 Å². The van der Waals surface area contributed by atoms with Crippen LogP contribution < -0.4 is 0 Å². The van der Waals surface area contributed by atoms with Gasteiger partial charge >= 0.3 is 0 Å². The zero-order chi connectivity index (χ0) is 14.6. The first-order valence-electron chi connectivity index (χ1n) is 6.53. The predicted molar refractivity (Wildman–Crippen MR) is 92.1 cm³/mol. The maximum Gasteiger partial charge on any atom is 0.0335 e. The van der Waals surface area contributed by atoms with E-state index < -0.39 is 0 Å². The fourth-order valence-corrected chi connectivity index (χ4v) is 3.45. The van der Waals surface area contributed by atoms with Gasteiger partial charge in [-0.2, -0.15) is 0 Å². The van der Waals surface area contributed by atoms with Crippen molar-refractivity contribution in [2.24, 2.45) is 0 Å². The summed E-state index contributed by atoms with van der Waals surface area (Å²) in [6, 6.07) is 16.8. The van der Waals surface area contributed by atoms with Crippen molar-refractivity contribution in [2.75, 3.05) is 11.8 Å². The van der Waals surface area contributed by atoms with Gasteiger partial charge in [0.25, 0.3) is 0 Å². The molecule has 2 rings (SSSR count). The third-order valence-electron chi connectivity index (χ3n) is 3.59. The lowest BCUT2D eigenvalue weighted by molar-refractivity contribution is 0.536. The lowest BCUT2D eigenvalue weighted by Crippen LogP contribution is -2.33. The highest BCUT2D eigenvalue weighted by Gasteiger charge is 2.31. The van der Waals surface area contributed by atoms with E-state index in [0.717, 1.165) is 10.9 Å². The number of hydrogen-bond donors (Lipinski definition) is 0. The highest BCUT2D eigenvalue weighted by Crippen LogP contribution is 2.32. The van der Waals surface area contributed by atoms with Crippen LogP contribution in [0.2, 0.25) is 0 Å². The zero-order valence-electron chi connectivity index (χ0n) is 11.4. The fourth-order valence-electron chi connectivity index (χ4n) is 2.40. The van der Waals surface area contributed by atoms with E-state index in [1.165, 1.54) is 16.7 Å². The quantitative estimate of drug-likeness (QED) is 0.590. The van der Waals surface area contributed by atoms with E-state index in [2.05, 4.69) is 59.3 Å². The molecule has 0 fully saturated rings. The summed E-state index contributed by atoms with van der Waals surface area (Å²) < 4.78 is 1.06. The topological polar surface area (TPSA) is 0 Å². The van der Waals surface area contributed by atoms with Crippen molar-refractivity contribution >= 4 is 39.1 Å². The predicted octanol–water partition coefficient (Wildman–Crippen LogP) is 5.72. The van der Waals surface area contributed by atoms with E-state index in [1.807, 2.05) is 12.1 Å². The number of halogens is 3. The van der Waals surface area contributed by atoms with Crippen LogP contribution >= 0.6 is 39.1 Å². The van der Waals surface area contributed by atoms with E-state index in [4.69, 9.17) is 23.2 Å². The third kappa shape index (κ3) is 3.58. The Morgan fingerprint density at radius 2 is 1.65 bits per heavy atom. The molecule has 0 bridgehead atoms. The first-order valence-corrected chi connectivity index (χ1v) is 8.39. The Morgan fingerprint density at radius 1 is 1.00 bits per heavy atom. The number of benzene rings is 2. The lowest BCUT2D eigenvalue weighted by atomic mass is 9.78. The van der Waals surface area contributed by atoms with Gasteiger partial charge in [0.05, 0.1) is 0 Å². The molecule has 106 valence electrons. The molecule has 0 nitrogen and oxygen atoms in total. The maximum atomic E-state index is 6.29. The number of rotatable bonds is 5. The van der Waals surface area contributed by atoms with Gasteiger partial charge in [-0.3, -0.25) is 0 Å². The molecule has 0 amide bonds. The average Bonchev–Trinajstić information content (AvgIpc) is 2.46. The van der Waals surface area contributed by atoms with Crippen LogP contribution in [0.15, 0.2) is 53.0 Å². The fraction of sp³-hybridized carbons (Fsp3) is 0.294. The van der Waals surface area contributed by atoms with Crippen LogP contribution in [0.3, 0.4) is 0 Å². The molecule has 0 unspecified atom stereocenters. The van der Waals surface area contributed by atoms with Gasteiger partial charge < -0.3 is 0 Å². The van der Waals surface area contributed by atoms with Gasteiger partial charge in [-0.05, 0) is 36.6 Å². The van der Waals surface area contributed by atoms with Crippen LogP contribution in [0.4, 0.5) is 0 Å². The second kappa shape index (κ2) is 6.98. The molecular weight excluding hydrogens is 355 g/mol. The lowest BCUT2D eigenvalue weighted by Gasteiger charge is -2.30. The van der Waals surface area contributed by atoms with Crippen molar-refractivity contribution in [1.29, 1.82) is 0 Å². The van der Waals surface area contributed by atoms with Crippen LogP contribution in [0, 0.1) is 6.92 Å².